The van der Waals surface area contributed by atoms with Crippen molar-refractivity contribution in [2.45, 2.75) is 13.8 Å². The molecule has 0 spiro atoms. The van der Waals surface area contributed by atoms with Gasteiger partial charge in [0.2, 0.25) is 5.95 Å². The zero-order valence-electron chi connectivity index (χ0n) is 14.5. The maximum Gasteiger partial charge on any atom is 0.256 e. The van der Waals surface area contributed by atoms with E-state index in [1.54, 1.807) is 16.0 Å². The minimum absolute atomic E-state index is 0.0601. The van der Waals surface area contributed by atoms with E-state index in [0.29, 0.717) is 43.3 Å². The molecular formula is C17H18N6O2S. The van der Waals surface area contributed by atoms with Gasteiger partial charge in [0.15, 0.2) is 0 Å². The van der Waals surface area contributed by atoms with Crippen LogP contribution in [0.15, 0.2) is 24.3 Å². The number of hydrogen-bond acceptors (Lipinski definition) is 8. The van der Waals surface area contributed by atoms with Crippen molar-refractivity contribution in [2.24, 2.45) is 0 Å². The zero-order valence-corrected chi connectivity index (χ0v) is 15.4. The van der Waals surface area contributed by atoms with Crippen molar-refractivity contribution in [3.05, 3.63) is 41.2 Å². The molecule has 0 radical (unpaired) electrons. The Labute approximate surface area is 154 Å². The van der Waals surface area contributed by atoms with Crippen molar-refractivity contribution in [1.82, 2.24) is 23.6 Å². The summed E-state index contributed by atoms with van der Waals surface area (Å²) in [6, 6.07) is 7.41. The Morgan fingerprint density at radius 1 is 1.12 bits per heavy atom. The highest BCUT2D eigenvalue weighted by Crippen LogP contribution is 2.19. The number of benzene rings is 1. The highest BCUT2D eigenvalue weighted by molar-refractivity contribution is 7.00. The molecule has 0 unspecified atom stereocenters. The monoisotopic (exact) mass is 370 g/mol. The lowest BCUT2D eigenvalue weighted by Gasteiger charge is -2.21. The molecular weight excluding hydrogens is 352 g/mol. The fourth-order valence-electron chi connectivity index (χ4n) is 2.98. The van der Waals surface area contributed by atoms with Crippen LogP contribution in [-0.4, -0.2) is 55.8 Å². The Kier molecular flexibility index (Phi) is 4.48. The Morgan fingerprint density at radius 2 is 1.92 bits per heavy atom. The van der Waals surface area contributed by atoms with Crippen molar-refractivity contribution >= 4 is 34.6 Å². The highest BCUT2D eigenvalue weighted by atomic mass is 32.1. The number of amides is 1. The van der Waals surface area contributed by atoms with Gasteiger partial charge in [-0.05, 0) is 32.0 Å². The molecule has 1 aromatic carbocycles. The van der Waals surface area contributed by atoms with E-state index in [-0.39, 0.29) is 5.91 Å². The number of carbonyl (C=O) groups is 1. The molecule has 1 amide bonds. The first-order chi connectivity index (χ1) is 12.6. The van der Waals surface area contributed by atoms with Gasteiger partial charge in [-0.25, -0.2) is 15.0 Å². The summed E-state index contributed by atoms with van der Waals surface area (Å²) in [5, 5.41) is 1.66. The first-order valence-electron chi connectivity index (χ1n) is 8.35. The largest absolute Gasteiger partial charge is 0.334 e. The normalized spacial score (nSPS) is 15.3. The van der Waals surface area contributed by atoms with E-state index in [9.17, 15) is 4.79 Å². The van der Waals surface area contributed by atoms with E-state index in [2.05, 4.69) is 18.7 Å². The van der Waals surface area contributed by atoms with Crippen molar-refractivity contribution in [1.29, 1.82) is 0 Å². The number of fused-ring (bicyclic) bond motifs is 1. The molecule has 1 aliphatic rings. The van der Waals surface area contributed by atoms with Crippen LogP contribution in [0.25, 0.3) is 11.0 Å². The quantitative estimate of drug-likeness (QED) is 0.682. The molecule has 3 heterocycles. The van der Waals surface area contributed by atoms with Crippen LogP contribution in [0.3, 0.4) is 0 Å². The molecule has 1 saturated heterocycles. The van der Waals surface area contributed by atoms with Crippen molar-refractivity contribution < 1.29 is 9.63 Å². The number of hydrogen-bond donors (Lipinski definition) is 0. The van der Waals surface area contributed by atoms with E-state index < -0.39 is 0 Å². The minimum Gasteiger partial charge on any atom is -0.334 e. The van der Waals surface area contributed by atoms with E-state index >= 15 is 0 Å². The summed E-state index contributed by atoms with van der Waals surface area (Å²) in [7, 11) is 0. The lowest BCUT2D eigenvalue weighted by atomic mass is 10.1. The third-order valence-electron chi connectivity index (χ3n) is 4.18. The first kappa shape index (κ1) is 16.8. The summed E-state index contributed by atoms with van der Waals surface area (Å²) in [6.07, 6.45) is 0. The summed E-state index contributed by atoms with van der Waals surface area (Å²) >= 11 is 1.12. The van der Waals surface area contributed by atoms with Gasteiger partial charge < -0.3 is 4.90 Å². The van der Waals surface area contributed by atoms with Crippen molar-refractivity contribution in [2.75, 3.05) is 31.3 Å². The SMILES string of the molecule is Cc1cc(C)nc(N2CCN(C(=O)c3cccc4nsnc34)CCO2)n1. The number of nitrogens with zero attached hydrogens (tertiary/aromatic N) is 6. The molecule has 4 rings (SSSR count). The Balaban J connectivity index is 1.53. The van der Waals surface area contributed by atoms with Crippen molar-refractivity contribution in [3.8, 4) is 0 Å². The van der Waals surface area contributed by atoms with Crippen LogP contribution in [0.4, 0.5) is 5.95 Å². The first-order valence-corrected chi connectivity index (χ1v) is 9.08. The van der Waals surface area contributed by atoms with Crippen LogP contribution in [-0.2, 0) is 4.84 Å². The molecule has 0 N–H and O–H groups in total. The van der Waals surface area contributed by atoms with E-state index in [4.69, 9.17) is 4.84 Å². The predicted molar refractivity (Wildman–Crippen MR) is 98.1 cm³/mol. The number of aromatic nitrogens is 4. The topological polar surface area (TPSA) is 84.3 Å². The average Bonchev–Trinajstić information content (AvgIpc) is 2.96. The molecule has 1 fully saturated rings. The Hall–Kier alpha value is -2.65. The van der Waals surface area contributed by atoms with Gasteiger partial charge in [-0.15, -0.1) is 0 Å². The number of hydroxylamine groups is 1. The summed E-state index contributed by atoms with van der Waals surface area (Å²) < 4.78 is 8.47. The van der Waals surface area contributed by atoms with Crippen LogP contribution in [0.5, 0.6) is 0 Å². The standard InChI is InChI=1S/C17H18N6O2S/c1-11-10-12(2)19-17(18-11)23-7-6-22(8-9-25-23)16(24)13-4-3-5-14-15(13)21-26-20-14/h3-5,10H,6-9H2,1-2H3. The summed E-state index contributed by atoms with van der Waals surface area (Å²) in [4.78, 5) is 29.4. The maximum atomic E-state index is 13.0. The number of carbonyl (C=O) groups excluding carboxylic acids is 1. The third kappa shape index (κ3) is 3.23. The van der Waals surface area contributed by atoms with Gasteiger partial charge in [0, 0.05) is 24.5 Å². The molecule has 134 valence electrons. The molecule has 0 bridgehead atoms. The van der Waals surface area contributed by atoms with Gasteiger partial charge in [-0.2, -0.15) is 8.75 Å². The molecule has 1 aliphatic heterocycles. The average molecular weight is 370 g/mol. The molecule has 0 saturated carbocycles. The molecule has 0 aliphatic carbocycles. The zero-order chi connectivity index (χ0) is 18.1. The fraction of sp³-hybridized carbons (Fsp3) is 0.353. The van der Waals surface area contributed by atoms with Crippen molar-refractivity contribution in [3.63, 3.8) is 0 Å². The maximum absolute atomic E-state index is 13.0. The van der Waals surface area contributed by atoms with Crippen LogP contribution in [0.2, 0.25) is 0 Å². The predicted octanol–water partition coefficient (Wildman–Crippen LogP) is 1.99. The van der Waals surface area contributed by atoms with Crippen LogP contribution >= 0.6 is 11.7 Å². The summed E-state index contributed by atoms with van der Waals surface area (Å²) in [5.41, 5.74) is 3.75. The van der Waals surface area contributed by atoms with E-state index in [1.807, 2.05) is 32.0 Å². The molecule has 9 heteroatoms. The van der Waals surface area contributed by atoms with Gasteiger partial charge in [0.25, 0.3) is 5.91 Å². The Morgan fingerprint density at radius 3 is 2.73 bits per heavy atom. The lowest BCUT2D eigenvalue weighted by molar-refractivity contribution is 0.0731. The van der Waals surface area contributed by atoms with Gasteiger partial charge in [-0.3, -0.25) is 9.63 Å². The molecule has 26 heavy (non-hydrogen) atoms. The van der Waals surface area contributed by atoms with Gasteiger partial charge >= 0.3 is 0 Å². The minimum atomic E-state index is -0.0601. The lowest BCUT2D eigenvalue weighted by Crippen LogP contribution is -2.35. The Bertz CT molecular complexity index is 939. The molecule has 0 atom stereocenters. The second-order valence-corrected chi connectivity index (χ2v) is 6.64. The van der Waals surface area contributed by atoms with Gasteiger partial charge in [-0.1, -0.05) is 6.07 Å². The number of aryl methyl sites for hydroxylation is 2. The van der Waals surface area contributed by atoms with Gasteiger partial charge in [0.1, 0.15) is 11.0 Å². The number of anilines is 1. The van der Waals surface area contributed by atoms with Gasteiger partial charge in [0.05, 0.1) is 30.4 Å². The third-order valence-corrected chi connectivity index (χ3v) is 4.72. The summed E-state index contributed by atoms with van der Waals surface area (Å²) in [5.74, 6) is 0.470. The molecule has 8 nitrogen and oxygen atoms in total. The second-order valence-electron chi connectivity index (χ2n) is 6.12. The highest BCUT2D eigenvalue weighted by Gasteiger charge is 2.24. The second kappa shape index (κ2) is 6.93. The molecule has 3 aromatic rings. The molecule has 2 aromatic heterocycles. The van der Waals surface area contributed by atoms with Crippen LogP contribution in [0.1, 0.15) is 21.7 Å². The summed E-state index contributed by atoms with van der Waals surface area (Å²) in [6.45, 7) is 5.74. The number of rotatable bonds is 2. The van der Waals surface area contributed by atoms with Crippen LogP contribution < -0.4 is 5.06 Å². The smallest absolute Gasteiger partial charge is 0.256 e. The van der Waals surface area contributed by atoms with E-state index in [1.165, 1.54) is 0 Å². The van der Waals surface area contributed by atoms with Crippen LogP contribution in [0, 0.1) is 13.8 Å². The van der Waals surface area contributed by atoms with E-state index in [0.717, 1.165) is 28.6 Å². The fourth-order valence-corrected chi connectivity index (χ4v) is 3.53.